The zero-order valence-corrected chi connectivity index (χ0v) is 16.6. The Labute approximate surface area is 161 Å². The summed E-state index contributed by atoms with van der Waals surface area (Å²) >= 11 is 9.57. The zero-order chi connectivity index (χ0) is 18.4. The van der Waals surface area contributed by atoms with E-state index < -0.39 is 0 Å². The largest absolute Gasteiger partial charge is 0.493 e. The molecule has 0 saturated carbocycles. The number of rotatable bonds is 6. The minimum Gasteiger partial charge on any atom is -0.493 e. The minimum absolute atomic E-state index is 0.103. The number of hydrogen-bond acceptors (Lipinski definition) is 3. The lowest BCUT2D eigenvalue weighted by Crippen LogP contribution is -2.24. The highest BCUT2D eigenvalue weighted by Gasteiger charge is 2.10. The third-order valence-corrected chi connectivity index (χ3v) is 4.39. The molecule has 0 aliphatic carbocycles. The number of hydrogen-bond donors (Lipinski definition) is 0. The van der Waals surface area contributed by atoms with Crippen LogP contribution in [-0.2, 0) is 11.3 Å². The van der Waals surface area contributed by atoms with Crippen LogP contribution in [0.2, 0.25) is 5.02 Å². The Morgan fingerprint density at radius 1 is 1.20 bits per heavy atom. The van der Waals surface area contributed by atoms with Crippen molar-refractivity contribution in [1.29, 1.82) is 0 Å². The summed E-state index contributed by atoms with van der Waals surface area (Å²) in [6, 6.07) is 11.4. The van der Waals surface area contributed by atoms with Gasteiger partial charge in [-0.3, -0.25) is 4.79 Å². The Balaban J connectivity index is 2.08. The Morgan fingerprint density at radius 2 is 1.88 bits per heavy atom. The Hall–Kier alpha value is -1.98. The van der Waals surface area contributed by atoms with E-state index in [9.17, 15) is 4.79 Å². The quantitative estimate of drug-likeness (QED) is 0.626. The first-order chi connectivity index (χ1) is 11.9. The molecule has 0 atom stereocenters. The number of carbonyl (C=O) groups is 1. The lowest BCUT2D eigenvalue weighted by Gasteiger charge is -2.15. The van der Waals surface area contributed by atoms with Crippen LogP contribution in [0.4, 0.5) is 0 Å². The number of likely N-dealkylation sites (N-methyl/N-ethyl adjacent to an activating group) is 1. The van der Waals surface area contributed by atoms with Crippen LogP contribution in [0.3, 0.4) is 0 Å². The summed E-state index contributed by atoms with van der Waals surface area (Å²) < 4.78 is 11.5. The van der Waals surface area contributed by atoms with Crippen LogP contribution in [0.5, 0.6) is 11.5 Å². The highest BCUT2D eigenvalue weighted by Crippen LogP contribution is 2.36. The summed E-state index contributed by atoms with van der Waals surface area (Å²) in [6.45, 7) is 0.531. The second kappa shape index (κ2) is 8.92. The summed E-state index contributed by atoms with van der Waals surface area (Å²) in [4.78, 5) is 13.9. The maximum atomic E-state index is 12.3. The van der Waals surface area contributed by atoms with Gasteiger partial charge in [-0.05, 0) is 41.5 Å². The first kappa shape index (κ1) is 19.3. The van der Waals surface area contributed by atoms with Crippen LogP contribution >= 0.6 is 27.5 Å². The number of halogens is 2. The van der Waals surface area contributed by atoms with E-state index in [0.29, 0.717) is 23.1 Å². The van der Waals surface area contributed by atoms with Crippen molar-refractivity contribution in [3.8, 4) is 11.5 Å². The van der Waals surface area contributed by atoms with Crippen molar-refractivity contribution in [1.82, 2.24) is 4.90 Å². The summed E-state index contributed by atoms with van der Waals surface area (Å²) in [5, 5.41) is 0.428. The van der Waals surface area contributed by atoms with E-state index in [1.165, 1.54) is 13.2 Å². The molecule has 6 heteroatoms. The van der Waals surface area contributed by atoms with Gasteiger partial charge in [0.2, 0.25) is 5.91 Å². The van der Waals surface area contributed by atoms with Crippen molar-refractivity contribution in [2.45, 2.75) is 6.54 Å². The lowest BCUT2D eigenvalue weighted by atomic mass is 10.1. The van der Waals surface area contributed by atoms with Crippen molar-refractivity contribution in [3.63, 3.8) is 0 Å². The molecule has 2 aromatic carbocycles. The summed E-state index contributed by atoms with van der Waals surface area (Å²) in [5.41, 5.74) is 1.81. The summed E-state index contributed by atoms with van der Waals surface area (Å²) in [5.74, 6) is 0.888. The predicted molar refractivity (Wildman–Crippen MR) is 104 cm³/mol. The summed E-state index contributed by atoms with van der Waals surface area (Å²) in [6.07, 6.45) is 3.21. The number of nitrogens with zero attached hydrogens (tertiary/aromatic N) is 1. The van der Waals surface area contributed by atoms with Gasteiger partial charge < -0.3 is 14.4 Å². The van der Waals surface area contributed by atoms with E-state index in [1.54, 1.807) is 37.3 Å². The van der Waals surface area contributed by atoms with Gasteiger partial charge in [-0.15, -0.1) is 0 Å². The molecule has 0 bridgehead atoms. The third kappa shape index (κ3) is 5.25. The zero-order valence-electron chi connectivity index (χ0n) is 14.3. The van der Waals surface area contributed by atoms with E-state index in [2.05, 4.69) is 15.9 Å². The second-order valence-electron chi connectivity index (χ2n) is 5.39. The van der Waals surface area contributed by atoms with Crippen molar-refractivity contribution in [3.05, 3.63) is 63.1 Å². The van der Waals surface area contributed by atoms with Gasteiger partial charge in [0, 0.05) is 24.1 Å². The van der Waals surface area contributed by atoms with Crippen molar-refractivity contribution in [2.75, 3.05) is 21.3 Å². The van der Waals surface area contributed by atoms with Gasteiger partial charge in [0.05, 0.1) is 19.2 Å². The molecule has 4 nitrogen and oxygen atoms in total. The number of benzene rings is 2. The van der Waals surface area contributed by atoms with Crippen LogP contribution in [0.25, 0.3) is 6.08 Å². The van der Waals surface area contributed by atoms with E-state index in [-0.39, 0.29) is 5.91 Å². The van der Waals surface area contributed by atoms with Crippen LogP contribution in [0.15, 0.2) is 46.9 Å². The molecule has 1 amide bonds. The fourth-order valence-electron chi connectivity index (χ4n) is 2.27. The maximum absolute atomic E-state index is 12.3. The second-order valence-corrected chi connectivity index (χ2v) is 6.72. The highest BCUT2D eigenvalue weighted by atomic mass is 79.9. The number of carbonyl (C=O) groups excluding carboxylic acids is 1. The smallest absolute Gasteiger partial charge is 0.246 e. The average molecular weight is 425 g/mol. The maximum Gasteiger partial charge on any atom is 0.246 e. The van der Waals surface area contributed by atoms with Crippen molar-refractivity contribution < 1.29 is 14.3 Å². The Bertz CT molecular complexity index is 775. The number of methoxy groups -OCH3 is 2. The fourth-order valence-corrected chi connectivity index (χ4v) is 2.83. The molecule has 0 unspecified atom stereocenters. The fraction of sp³-hybridized carbons (Fsp3) is 0.211. The van der Waals surface area contributed by atoms with Gasteiger partial charge in [0.15, 0.2) is 11.5 Å². The molecule has 25 heavy (non-hydrogen) atoms. The third-order valence-electron chi connectivity index (χ3n) is 3.58. The van der Waals surface area contributed by atoms with Gasteiger partial charge in [0.1, 0.15) is 0 Å². The molecular formula is C19H19BrClNO3. The molecule has 0 N–H and O–H groups in total. The molecule has 0 aliphatic rings. The standard InChI is InChI=1S/C19H19BrClNO3/c1-22(12-13-4-7-15(20)8-5-13)18(23)9-6-14-10-16(21)19(25-3)17(11-14)24-2/h4-11H,12H2,1-3H3/b9-6+. The van der Waals surface area contributed by atoms with Crippen molar-refractivity contribution >= 4 is 39.5 Å². The number of amides is 1. The van der Waals surface area contributed by atoms with Crippen LogP contribution in [0, 0.1) is 0 Å². The lowest BCUT2D eigenvalue weighted by molar-refractivity contribution is -0.125. The van der Waals surface area contributed by atoms with Gasteiger partial charge in [0.25, 0.3) is 0 Å². The predicted octanol–water partition coefficient (Wildman–Crippen LogP) is 4.79. The Morgan fingerprint density at radius 3 is 2.48 bits per heavy atom. The normalized spacial score (nSPS) is 10.8. The van der Waals surface area contributed by atoms with E-state index in [4.69, 9.17) is 21.1 Å². The van der Waals surface area contributed by atoms with E-state index in [0.717, 1.165) is 15.6 Å². The molecule has 0 aliphatic heterocycles. The van der Waals surface area contributed by atoms with E-state index >= 15 is 0 Å². The SMILES string of the molecule is COc1cc(/C=C/C(=O)N(C)Cc2ccc(Br)cc2)cc(Cl)c1OC. The van der Waals surface area contributed by atoms with Crippen LogP contribution < -0.4 is 9.47 Å². The molecule has 0 fully saturated rings. The molecule has 0 aromatic heterocycles. The molecule has 2 aromatic rings. The molecule has 0 saturated heterocycles. The molecular weight excluding hydrogens is 406 g/mol. The first-order valence-corrected chi connectivity index (χ1v) is 8.71. The van der Waals surface area contributed by atoms with Gasteiger partial charge in [-0.25, -0.2) is 0 Å². The number of ether oxygens (including phenoxy) is 2. The molecule has 0 radical (unpaired) electrons. The van der Waals surface area contributed by atoms with Crippen molar-refractivity contribution in [2.24, 2.45) is 0 Å². The summed E-state index contributed by atoms with van der Waals surface area (Å²) in [7, 11) is 4.83. The monoisotopic (exact) mass is 423 g/mol. The molecule has 0 spiro atoms. The van der Waals surface area contributed by atoms with E-state index in [1.807, 2.05) is 24.3 Å². The Kier molecular flexibility index (Phi) is 6.91. The molecule has 0 heterocycles. The topological polar surface area (TPSA) is 38.8 Å². The minimum atomic E-state index is -0.103. The van der Waals surface area contributed by atoms with Gasteiger partial charge >= 0.3 is 0 Å². The first-order valence-electron chi connectivity index (χ1n) is 7.53. The molecule has 132 valence electrons. The van der Waals surface area contributed by atoms with Crippen LogP contribution in [-0.4, -0.2) is 32.1 Å². The average Bonchev–Trinajstić information content (AvgIpc) is 2.60. The van der Waals surface area contributed by atoms with Gasteiger partial charge in [-0.2, -0.15) is 0 Å². The molecule has 2 rings (SSSR count). The van der Waals surface area contributed by atoms with Crippen LogP contribution in [0.1, 0.15) is 11.1 Å². The van der Waals surface area contributed by atoms with Gasteiger partial charge in [-0.1, -0.05) is 39.7 Å². The highest BCUT2D eigenvalue weighted by molar-refractivity contribution is 9.10.